The Hall–Kier alpha value is -4.60. The fourth-order valence-corrected chi connectivity index (χ4v) is 5.00. The predicted molar refractivity (Wildman–Crippen MR) is 140 cm³/mol. The predicted octanol–water partition coefficient (Wildman–Crippen LogP) is 3.68. The first-order valence-electron chi connectivity index (χ1n) is 12.3. The number of Topliss-reactive ketones (excluding diaryl/α,β-unsaturated/α-hetero) is 1. The average Bonchev–Trinajstić information content (AvgIpc) is 3.63. The van der Waals surface area contributed by atoms with E-state index in [2.05, 4.69) is 9.97 Å². The minimum Gasteiger partial charge on any atom is -0.505 e. The third kappa shape index (κ3) is 4.17. The summed E-state index contributed by atoms with van der Waals surface area (Å²) >= 11 is 0. The number of methoxy groups -OCH3 is 2. The highest BCUT2D eigenvalue weighted by atomic mass is 16.5. The normalized spacial score (nSPS) is 16.9. The fourth-order valence-electron chi connectivity index (χ4n) is 5.00. The van der Waals surface area contributed by atoms with Crippen molar-refractivity contribution in [2.24, 2.45) is 0 Å². The second-order valence-electron chi connectivity index (χ2n) is 9.19. The maximum Gasteiger partial charge on any atom is 0.295 e. The highest BCUT2D eigenvalue weighted by Crippen LogP contribution is 2.42. The number of aliphatic hydroxyl groups is 1. The standard InChI is InChI=1S/C28H29N5O5/c1-17-7-5-12-32-18(2)23(30-27(17)32)25(34)22-24(19-8-9-20(37-3)21(15-19)38-4)33(28(36)26(22)35)13-6-11-31-14-10-29-16-31/h5,7-10,12,14-16,24,34H,6,11,13H2,1-4H3. The molecule has 0 bridgehead atoms. The molecule has 1 atom stereocenters. The van der Waals surface area contributed by atoms with Crippen LogP contribution in [0.3, 0.4) is 0 Å². The molecule has 0 spiro atoms. The Morgan fingerprint density at radius 1 is 1.05 bits per heavy atom. The summed E-state index contributed by atoms with van der Waals surface area (Å²) in [6.07, 6.45) is 7.67. The molecule has 0 saturated carbocycles. The van der Waals surface area contributed by atoms with Crippen LogP contribution in [-0.4, -0.2) is 61.4 Å². The molecule has 3 aromatic heterocycles. The number of benzene rings is 1. The summed E-state index contributed by atoms with van der Waals surface area (Å²) in [5.74, 6) is -0.762. The van der Waals surface area contributed by atoms with Gasteiger partial charge in [0.1, 0.15) is 11.3 Å². The van der Waals surface area contributed by atoms with Gasteiger partial charge in [-0.15, -0.1) is 0 Å². The molecule has 1 aromatic carbocycles. The lowest BCUT2D eigenvalue weighted by Gasteiger charge is -2.26. The number of fused-ring (bicyclic) bond motifs is 1. The SMILES string of the molecule is COc1ccc(C2C(=C(O)c3nc4c(C)cccn4c3C)C(=O)C(=O)N2CCCn2ccnc2)cc1OC. The monoisotopic (exact) mass is 515 g/mol. The average molecular weight is 516 g/mol. The molecule has 196 valence electrons. The molecule has 5 rings (SSSR count). The number of amides is 1. The molecule has 10 nitrogen and oxygen atoms in total. The van der Waals surface area contributed by atoms with Crippen LogP contribution in [-0.2, 0) is 16.1 Å². The van der Waals surface area contributed by atoms with Crippen LogP contribution in [0.25, 0.3) is 11.4 Å². The number of likely N-dealkylation sites (tertiary alicyclic amines) is 1. The molecule has 4 aromatic rings. The number of nitrogens with zero attached hydrogens (tertiary/aromatic N) is 5. The van der Waals surface area contributed by atoms with Gasteiger partial charge in [-0.1, -0.05) is 12.1 Å². The second-order valence-corrected chi connectivity index (χ2v) is 9.19. The summed E-state index contributed by atoms with van der Waals surface area (Å²) in [5.41, 5.74) is 3.13. The smallest absolute Gasteiger partial charge is 0.295 e. The lowest BCUT2D eigenvalue weighted by molar-refractivity contribution is -0.139. The Morgan fingerprint density at radius 2 is 1.84 bits per heavy atom. The minimum atomic E-state index is -0.831. The van der Waals surface area contributed by atoms with Crippen LogP contribution in [0.1, 0.15) is 35.0 Å². The van der Waals surface area contributed by atoms with E-state index in [1.165, 1.54) is 19.1 Å². The van der Waals surface area contributed by atoms with E-state index in [1.54, 1.807) is 30.7 Å². The Balaban J connectivity index is 1.63. The van der Waals surface area contributed by atoms with Gasteiger partial charge in [0.15, 0.2) is 17.3 Å². The van der Waals surface area contributed by atoms with Gasteiger partial charge < -0.3 is 28.4 Å². The number of aliphatic hydroxyl groups excluding tert-OH is 1. The summed E-state index contributed by atoms with van der Waals surface area (Å²) < 4.78 is 14.6. The molecule has 38 heavy (non-hydrogen) atoms. The Kier molecular flexibility index (Phi) is 6.62. The number of aromatic nitrogens is 4. The maximum atomic E-state index is 13.5. The topological polar surface area (TPSA) is 111 Å². The molecular formula is C28H29N5O5. The van der Waals surface area contributed by atoms with Crippen LogP contribution in [0.4, 0.5) is 0 Å². The van der Waals surface area contributed by atoms with Gasteiger partial charge in [-0.05, 0) is 49.6 Å². The molecule has 0 aliphatic carbocycles. The Bertz CT molecular complexity index is 1550. The Morgan fingerprint density at radius 3 is 2.53 bits per heavy atom. The van der Waals surface area contributed by atoms with Crippen molar-refractivity contribution in [3.63, 3.8) is 0 Å². The van der Waals surface area contributed by atoms with Crippen molar-refractivity contribution in [3.05, 3.63) is 83.3 Å². The van der Waals surface area contributed by atoms with Crippen molar-refractivity contribution < 1.29 is 24.2 Å². The molecule has 1 aliphatic heterocycles. The zero-order chi connectivity index (χ0) is 27.0. The highest BCUT2D eigenvalue weighted by Gasteiger charge is 2.46. The van der Waals surface area contributed by atoms with Crippen molar-refractivity contribution in [2.45, 2.75) is 32.9 Å². The van der Waals surface area contributed by atoms with Crippen molar-refractivity contribution in [1.82, 2.24) is 23.8 Å². The molecule has 1 fully saturated rings. The number of ether oxygens (including phenoxy) is 2. The number of aryl methyl sites for hydroxylation is 3. The molecule has 4 heterocycles. The summed E-state index contributed by atoms with van der Waals surface area (Å²) in [4.78, 5) is 37.0. The van der Waals surface area contributed by atoms with E-state index >= 15 is 0 Å². The van der Waals surface area contributed by atoms with Crippen LogP contribution in [0.15, 0.2) is 60.8 Å². The van der Waals surface area contributed by atoms with Crippen molar-refractivity contribution >= 4 is 23.1 Å². The van der Waals surface area contributed by atoms with Gasteiger partial charge in [0, 0.05) is 31.7 Å². The van der Waals surface area contributed by atoms with Crippen LogP contribution in [0, 0.1) is 13.8 Å². The van der Waals surface area contributed by atoms with E-state index in [0.29, 0.717) is 47.9 Å². The molecule has 1 aliphatic rings. The zero-order valence-electron chi connectivity index (χ0n) is 21.7. The van der Waals surface area contributed by atoms with E-state index in [9.17, 15) is 14.7 Å². The Labute approximate surface area is 219 Å². The quantitative estimate of drug-likeness (QED) is 0.216. The van der Waals surface area contributed by atoms with Gasteiger partial charge in [-0.2, -0.15) is 0 Å². The minimum absolute atomic E-state index is 0.00555. The first-order valence-corrected chi connectivity index (χ1v) is 12.3. The van der Waals surface area contributed by atoms with Crippen LogP contribution in [0.5, 0.6) is 11.5 Å². The van der Waals surface area contributed by atoms with E-state index in [1.807, 2.05) is 47.3 Å². The van der Waals surface area contributed by atoms with Gasteiger partial charge in [0.25, 0.3) is 11.7 Å². The summed E-state index contributed by atoms with van der Waals surface area (Å²) in [6, 6.07) is 8.21. The zero-order valence-corrected chi connectivity index (χ0v) is 21.7. The van der Waals surface area contributed by atoms with E-state index in [4.69, 9.17) is 9.47 Å². The second kappa shape index (κ2) is 10.0. The molecule has 1 unspecified atom stereocenters. The van der Waals surface area contributed by atoms with Crippen molar-refractivity contribution in [2.75, 3.05) is 20.8 Å². The summed E-state index contributed by atoms with van der Waals surface area (Å²) in [6.45, 7) is 4.66. The first-order chi connectivity index (χ1) is 18.3. The van der Waals surface area contributed by atoms with E-state index < -0.39 is 17.7 Å². The summed E-state index contributed by atoms with van der Waals surface area (Å²) in [7, 11) is 3.06. The van der Waals surface area contributed by atoms with Gasteiger partial charge in [-0.3, -0.25) is 9.59 Å². The number of pyridine rings is 1. The van der Waals surface area contributed by atoms with E-state index in [0.717, 1.165) is 5.56 Å². The van der Waals surface area contributed by atoms with Crippen molar-refractivity contribution in [3.8, 4) is 11.5 Å². The first kappa shape index (κ1) is 25.1. The molecular weight excluding hydrogens is 486 g/mol. The fraction of sp³-hybridized carbons (Fsp3) is 0.286. The number of carbonyl (C=O) groups is 2. The van der Waals surface area contributed by atoms with Gasteiger partial charge in [0.05, 0.1) is 37.9 Å². The third-order valence-corrected chi connectivity index (χ3v) is 6.95. The van der Waals surface area contributed by atoms with E-state index in [-0.39, 0.29) is 17.0 Å². The largest absolute Gasteiger partial charge is 0.505 e. The number of hydrogen-bond acceptors (Lipinski definition) is 7. The molecule has 1 amide bonds. The molecule has 1 N–H and O–H groups in total. The van der Waals surface area contributed by atoms with Crippen LogP contribution in [0.2, 0.25) is 0 Å². The molecule has 10 heteroatoms. The maximum absolute atomic E-state index is 13.5. The lowest BCUT2D eigenvalue weighted by atomic mass is 9.96. The van der Waals surface area contributed by atoms with Crippen LogP contribution < -0.4 is 9.47 Å². The number of hydrogen-bond donors (Lipinski definition) is 1. The lowest BCUT2D eigenvalue weighted by Crippen LogP contribution is -2.31. The number of imidazole rings is 2. The third-order valence-electron chi connectivity index (χ3n) is 6.95. The molecule has 0 radical (unpaired) electrons. The van der Waals surface area contributed by atoms with Gasteiger partial charge in [-0.25, -0.2) is 9.97 Å². The number of ketones is 1. The van der Waals surface area contributed by atoms with Crippen molar-refractivity contribution in [1.29, 1.82) is 0 Å². The van der Waals surface area contributed by atoms with Gasteiger partial charge >= 0.3 is 0 Å². The van der Waals surface area contributed by atoms with Gasteiger partial charge in [0.2, 0.25) is 0 Å². The van der Waals surface area contributed by atoms with Crippen LogP contribution >= 0.6 is 0 Å². The number of rotatable bonds is 8. The summed E-state index contributed by atoms with van der Waals surface area (Å²) in [5, 5.41) is 11.6. The molecule has 1 saturated heterocycles. The number of carbonyl (C=O) groups excluding carboxylic acids is 2. The highest BCUT2D eigenvalue weighted by molar-refractivity contribution is 6.46.